The van der Waals surface area contributed by atoms with E-state index in [9.17, 15) is 24.0 Å². The smallest absolute Gasteiger partial charge is 0.303 e. The van der Waals surface area contributed by atoms with E-state index in [1.165, 1.54) is 31.2 Å². The number of esters is 4. The number of ketones is 1. The maximum atomic E-state index is 12.6. The Kier molecular flexibility index (Phi) is 11.0. The normalized spacial score (nSPS) is 22.7. The molecule has 0 aliphatic carbocycles. The van der Waals surface area contributed by atoms with E-state index in [4.69, 9.17) is 28.4 Å². The molecule has 1 saturated heterocycles. The van der Waals surface area contributed by atoms with Gasteiger partial charge in [-0.25, -0.2) is 0 Å². The molecule has 0 unspecified atom stereocenters. The molecule has 1 fully saturated rings. The summed E-state index contributed by atoms with van der Waals surface area (Å²) in [5, 5.41) is 0. The Balaban J connectivity index is 2.38. The summed E-state index contributed by atoms with van der Waals surface area (Å²) in [6.45, 7) is 8.41. The number of Topliss-reactive ketones (excluding diaryl/α,β-unsaturated/α-hetero) is 1. The number of hydrogen-bond donors (Lipinski definition) is 0. The molecule has 0 bridgehead atoms. The summed E-state index contributed by atoms with van der Waals surface area (Å²) in [4.78, 5) is 61.5. The summed E-state index contributed by atoms with van der Waals surface area (Å²) >= 11 is 0. The summed E-state index contributed by atoms with van der Waals surface area (Å²) in [7, 11) is 3.64. The number of carbonyl (C=O) groups is 5. The lowest BCUT2D eigenvalue weighted by Crippen LogP contribution is -2.63. The van der Waals surface area contributed by atoms with Gasteiger partial charge in [0.2, 0.25) is 12.4 Å². The molecule has 12 heteroatoms. The third-order valence-electron chi connectivity index (χ3n) is 5.15. The molecule has 38 heavy (non-hydrogen) atoms. The van der Waals surface area contributed by atoms with Crippen LogP contribution in [0.2, 0.25) is 0 Å². The number of rotatable bonds is 11. The van der Waals surface area contributed by atoms with Gasteiger partial charge in [-0.1, -0.05) is 6.58 Å². The second-order valence-corrected chi connectivity index (χ2v) is 8.88. The first-order chi connectivity index (χ1) is 17.8. The van der Waals surface area contributed by atoms with Crippen LogP contribution in [0.1, 0.15) is 38.1 Å². The van der Waals surface area contributed by atoms with Crippen LogP contribution in [-0.2, 0) is 42.9 Å². The van der Waals surface area contributed by atoms with Gasteiger partial charge in [0.15, 0.2) is 18.0 Å². The van der Waals surface area contributed by atoms with Crippen molar-refractivity contribution in [2.45, 2.75) is 58.4 Å². The van der Waals surface area contributed by atoms with E-state index in [0.717, 1.165) is 20.8 Å². The van der Waals surface area contributed by atoms with E-state index < -0.39 is 54.6 Å². The Morgan fingerprint density at radius 1 is 0.816 bits per heavy atom. The van der Waals surface area contributed by atoms with Crippen LogP contribution in [0, 0.1) is 0 Å². The first-order valence-corrected chi connectivity index (χ1v) is 11.7. The monoisotopic (exact) mass is 535 g/mol. The first-order valence-electron chi connectivity index (χ1n) is 11.7. The van der Waals surface area contributed by atoms with Crippen molar-refractivity contribution in [3.8, 4) is 5.75 Å². The van der Waals surface area contributed by atoms with Gasteiger partial charge >= 0.3 is 23.9 Å². The first kappa shape index (κ1) is 30.5. The van der Waals surface area contributed by atoms with Gasteiger partial charge < -0.3 is 33.3 Å². The lowest BCUT2D eigenvalue weighted by atomic mass is 9.98. The van der Waals surface area contributed by atoms with Crippen LogP contribution in [0.4, 0.5) is 0 Å². The fourth-order valence-electron chi connectivity index (χ4n) is 3.76. The molecule has 1 aliphatic heterocycles. The molecule has 0 spiro atoms. The van der Waals surface area contributed by atoms with Crippen molar-refractivity contribution in [3.05, 3.63) is 42.0 Å². The Morgan fingerprint density at radius 2 is 1.34 bits per heavy atom. The van der Waals surface area contributed by atoms with Crippen molar-refractivity contribution >= 4 is 29.7 Å². The number of ether oxygens (including phenoxy) is 6. The zero-order valence-electron chi connectivity index (χ0n) is 22.3. The number of hydrogen-bond acceptors (Lipinski definition) is 12. The Morgan fingerprint density at radius 3 is 1.84 bits per heavy atom. The number of benzene rings is 1. The molecule has 1 aromatic rings. The summed E-state index contributed by atoms with van der Waals surface area (Å²) in [5.74, 6) is -2.88. The van der Waals surface area contributed by atoms with Crippen molar-refractivity contribution in [1.82, 2.24) is 4.90 Å². The third kappa shape index (κ3) is 8.96. The molecular formula is C26H33NO11. The zero-order chi connectivity index (χ0) is 28.6. The Bertz CT molecular complexity index is 1050. The summed E-state index contributed by atoms with van der Waals surface area (Å²) in [6.07, 6.45) is -6.52. The maximum absolute atomic E-state index is 12.6. The average molecular weight is 536 g/mol. The van der Waals surface area contributed by atoms with Crippen LogP contribution in [-0.4, -0.2) is 92.5 Å². The third-order valence-corrected chi connectivity index (χ3v) is 5.15. The minimum atomic E-state index is -1.37. The highest BCUT2D eigenvalue weighted by atomic mass is 16.7. The quantitative estimate of drug-likeness (QED) is 0.175. The summed E-state index contributed by atoms with van der Waals surface area (Å²) < 4.78 is 32.9. The minimum absolute atomic E-state index is 0.223. The molecule has 208 valence electrons. The highest BCUT2D eigenvalue weighted by molar-refractivity contribution is 6.08. The van der Waals surface area contributed by atoms with Gasteiger partial charge in [-0.05, 0) is 38.4 Å². The van der Waals surface area contributed by atoms with Gasteiger partial charge in [0.1, 0.15) is 18.5 Å². The van der Waals surface area contributed by atoms with Crippen LogP contribution >= 0.6 is 0 Å². The molecule has 2 rings (SSSR count). The van der Waals surface area contributed by atoms with Crippen LogP contribution in [0.3, 0.4) is 0 Å². The topological polar surface area (TPSA) is 144 Å². The fourth-order valence-corrected chi connectivity index (χ4v) is 3.76. The lowest BCUT2D eigenvalue weighted by Gasteiger charge is -2.43. The van der Waals surface area contributed by atoms with Gasteiger partial charge in [0, 0.05) is 45.4 Å². The van der Waals surface area contributed by atoms with Gasteiger partial charge in [0.05, 0.1) is 0 Å². The van der Waals surface area contributed by atoms with E-state index in [1.807, 2.05) is 19.0 Å². The van der Waals surface area contributed by atoms with Crippen LogP contribution < -0.4 is 4.74 Å². The average Bonchev–Trinajstić information content (AvgIpc) is 2.80. The van der Waals surface area contributed by atoms with Crippen molar-refractivity contribution in [1.29, 1.82) is 0 Å². The second-order valence-electron chi connectivity index (χ2n) is 8.88. The molecule has 12 nitrogen and oxygen atoms in total. The van der Waals surface area contributed by atoms with Crippen molar-refractivity contribution < 1.29 is 52.4 Å². The Hall–Kier alpha value is -3.77. The number of nitrogens with zero attached hydrogens (tertiary/aromatic N) is 1. The van der Waals surface area contributed by atoms with E-state index in [2.05, 4.69) is 6.58 Å². The highest BCUT2D eigenvalue weighted by Crippen LogP contribution is 2.31. The van der Waals surface area contributed by atoms with Crippen molar-refractivity contribution in [2.24, 2.45) is 0 Å². The molecule has 5 atom stereocenters. The molecule has 1 aromatic carbocycles. The van der Waals surface area contributed by atoms with Gasteiger partial charge in [-0.15, -0.1) is 0 Å². The molecule has 0 aromatic heterocycles. The Labute approximate surface area is 220 Å². The molecule has 0 saturated carbocycles. The van der Waals surface area contributed by atoms with Gasteiger partial charge in [-0.2, -0.15) is 0 Å². The van der Waals surface area contributed by atoms with Gasteiger partial charge in [0.25, 0.3) is 0 Å². The summed E-state index contributed by atoms with van der Waals surface area (Å²) in [5.41, 5.74) is 0.786. The fraction of sp³-hybridized carbons (Fsp3) is 0.500. The number of carbonyl (C=O) groups excluding carboxylic acids is 5. The standard InChI is InChI=1S/C26H33NO11/c1-14(12-27(6)7)22(32)19-8-10-20(11-9-19)37-26-25(36-18(5)31)24(35-17(4)30)23(34-16(3)29)21(38-26)13-33-15(2)28/h8-11,21,23-26H,1,12-13H2,2-7H3/t21-,23+,24+,25+,26-/m1/s1. The predicted octanol–water partition coefficient (Wildman–Crippen LogP) is 1.45. The minimum Gasteiger partial charge on any atom is -0.463 e. The lowest BCUT2D eigenvalue weighted by molar-refractivity contribution is -0.288. The summed E-state index contributed by atoms with van der Waals surface area (Å²) in [6, 6.07) is 6.07. The molecule has 0 N–H and O–H groups in total. The van der Waals surface area contributed by atoms with E-state index in [-0.39, 0.29) is 18.1 Å². The predicted molar refractivity (Wildman–Crippen MR) is 131 cm³/mol. The second kappa shape index (κ2) is 13.7. The molecule has 0 radical (unpaired) electrons. The largest absolute Gasteiger partial charge is 0.463 e. The van der Waals surface area contributed by atoms with E-state index in [1.54, 1.807) is 0 Å². The highest BCUT2D eigenvalue weighted by Gasteiger charge is 2.53. The van der Waals surface area contributed by atoms with Crippen LogP contribution in [0.15, 0.2) is 36.4 Å². The molecule has 1 heterocycles. The van der Waals surface area contributed by atoms with Crippen LogP contribution in [0.25, 0.3) is 0 Å². The number of likely N-dealkylation sites (N-methyl/N-ethyl adjacent to an activating group) is 1. The molecule has 0 amide bonds. The maximum Gasteiger partial charge on any atom is 0.303 e. The van der Waals surface area contributed by atoms with Gasteiger partial charge in [-0.3, -0.25) is 24.0 Å². The molecule has 1 aliphatic rings. The van der Waals surface area contributed by atoms with E-state index >= 15 is 0 Å². The SMILES string of the molecule is C=C(CN(C)C)C(=O)c1ccc(O[C@@H]2O[C@H](COC(C)=O)[C@H](OC(C)=O)[C@H](OC(C)=O)[C@@H]2OC(C)=O)cc1. The van der Waals surface area contributed by atoms with Crippen LogP contribution in [0.5, 0.6) is 5.75 Å². The van der Waals surface area contributed by atoms with E-state index in [0.29, 0.717) is 17.7 Å². The zero-order valence-corrected chi connectivity index (χ0v) is 22.3. The van der Waals surface area contributed by atoms with Crippen molar-refractivity contribution in [2.75, 3.05) is 27.2 Å². The van der Waals surface area contributed by atoms with Crippen molar-refractivity contribution in [3.63, 3.8) is 0 Å². The molecular weight excluding hydrogens is 502 g/mol.